The number of amides is 1. The molecule has 7 heteroatoms. The highest BCUT2D eigenvalue weighted by Gasteiger charge is 2.33. The fraction of sp³-hybridized carbons (Fsp3) is 0.316. The van der Waals surface area contributed by atoms with Gasteiger partial charge >= 0.3 is 0 Å². The lowest BCUT2D eigenvalue weighted by Gasteiger charge is -2.39. The molecule has 0 saturated carbocycles. The van der Waals surface area contributed by atoms with Crippen molar-refractivity contribution in [3.63, 3.8) is 0 Å². The Balaban J connectivity index is 1.24. The summed E-state index contributed by atoms with van der Waals surface area (Å²) in [5.41, 5.74) is 0. The Labute approximate surface area is 151 Å². The molecule has 1 saturated heterocycles. The number of para-hydroxylation sites is 2. The SMILES string of the molecule is COc1ccccc1OC1CN(C(=O)COc2ccc3c(c2)OCO3)C1. The summed E-state index contributed by atoms with van der Waals surface area (Å²) in [5.74, 6) is 3.17. The molecule has 136 valence electrons. The van der Waals surface area contributed by atoms with E-state index >= 15 is 0 Å². The maximum atomic E-state index is 12.2. The second-order valence-electron chi connectivity index (χ2n) is 5.99. The average Bonchev–Trinajstić information content (AvgIpc) is 3.10. The van der Waals surface area contributed by atoms with Gasteiger partial charge in [0, 0.05) is 6.07 Å². The second kappa shape index (κ2) is 7.03. The molecule has 2 aliphatic rings. The zero-order valence-corrected chi connectivity index (χ0v) is 14.3. The molecule has 0 radical (unpaired) electrons. The van der Waals surface area contributed by atoms with Crippen LogP contribution >= 0.6 is 0 Å². The minimum absolute atomic E-state index is 0.0268. The predicted octanol–water partition coefficient (Wildman–Crippen LogP) is 2.09. The fourth-order valence-corrected chi connectivity index (χ4v) is 2.82. The quantitative estimate of drug-likeness (QED) is 0.789. The van der Waals surface area contributed by atoms with Gasteiger partial charge in [-0.1, -0.05) is 12.1 Å². The van der Waals surface area contributed by atoms with Crippen LogP contribution in [-0.4, -0.2) is 50.5 Å². The number of ether oxygens (including phenoxy) is 5. The Morgan fingerprint density at radius 2 is 1.88 bits per heavy atom. The minimum Gasteiger partial charge on any atom is -0.493 e. The molecule has 2 aromatic carbocycles. The summed E-state index contributed by atoms with van der Waals surface area (Å²) in [6.07, 6.45) is -0.0409. The molecular formula is C19H19NO6. The average molecular weight is 357 g/mol. The molecule has 0 atom stereocenters. The summed E-state index contributed by atoms with van der Waals surface area (Å²) in [4.78, 5) is 13.9. The third-order valence-corrected chi connectivity index (χ3v) is 4.27. The molecular weight excluding hydrogens is 338 g/mol. The van der Waals surface area contributed by atoms with E-state index in [4.69, 9.17) is 23.7 Å². The van der Waals surface area contributed by atoms with Crippen molar-refractivity contribution < 1.29 is 28.5 Å². The zero-order valence-electron chi connectivity index (χ0n) is 14.3. The molecule has 1 amide bonds. The molecule has 1 fully saturated rings. The van der Waals surface area contributed by atoms with Crippen molar-refractivity contribution in [2.75, 3.05) is 33.6 Å². The smallest absolute Gasteiger partial charge is 0.260 e. The highest BCUT2D eigenvalue weighted by molar-refractivity contribution is 5.78. The van der Waals surface area contributed by atoms with Crippen LogP contribution in [0.2, 0.25) is 0 Å². The van der Waals surface area contributed by atoms with E-state index < -0.39 is 0 Å². The summed E-state index contributed by atoms with van der Waals surface area (Å²) in [6.45, 7) is 1.24. The van der Waals surface area contributed by atoms with Gasteiger partial charge < -0.3 is 28.6 Å². The second-order valence-corrected chi connectivity index (χ2v) is 5.99. The Kier molecular flexibility index (Phi) is 4.43. The summed E-state index contributed by atoms with van der Waals surface area (Å²) in [5, 5.41) is 0. The van der Waals surface area contributed by atoms with Gasteiger partial charge in [0.05, 0.1) is 20.2 Å². The molecule has 0 unspecified atom stereocenters. The molecule has 2 aromatic rings. The van der Waals surface area contributed by atoms with Crippen molar-refractivity contribution in [1.29, 1.82) is 0 Å². The lowest BCUT2D eigenvalue weighted by atomic mass is 10.1. The van der Waals surface area contributed by atoms with Crippen LogP contribution in [0.1, 0.15) is 0 Å². The van der Waals surface area contributed by atoms with Gasteiger partial charge in [0.15, 0.2) is 29.6 Å². The highest BCUT2D eigenvalue weighted by atomic mass is 16.7. The normalized spacial score (nSPS) is 15.3. The number of rotatable bonds is 6. The van der Waals surface area contributed by atoms with Crippen molar-refractivity contribution in [2.45, 2.75) is 6.10 Å². The molecule has 0 aromatic heterocycles. The molecule has 0 bridgehead atoms. The summed E-state index contributed by atoms with van der Waals surface area (Å²) >= 11 is 0. The molecule has 26 heavy (non-hydrogen) atoms. The Morgan fingerprint density at radius 3 is 2.69 bits per heavy atom. The van der Waals surface area contributed by atoms with E-state index in [-0.39, 0.29) is 25.4 Å². The van der Waals surface area contributed by atoms with E-state index in [2.05, 4.69) is 0 Å². The third kappa shape index (κ3) is 3.33. The molecule has 0 aliphatic carbocycles. The van der Waals surface area contributed by atoms with E-state index in [1.807, 2.05) is 24.3 Å². The number of nitrogens with zero attached hydrogens (tertiary/aromatic N) is 1. The molecule has 4 rings (SSSR count). The third-order valence-electron chi connectivity index (χ3n) is 4.27. The first-order valence-electron chi connectivity index (χ1n) is 8.33. The van der Waals surface area contributed by atoms with Gasteiger partial charge in [-0.25, -0.2) is 0 Å². The van der Waals surface area contributed by atoms with Crippen molar-refractivity contribution in [2.24, 2.45) is 0 Å². The van der Waals surface area contributed by atoms with Crippen molar-refractivity contribution in [3.05, 3.63) is 42.5 Å². The number of benzene rings is 2. The van der Waals surface area contributed by atoms with E-state index in [1.165, 1.54) is 0 Å². The van der Waals surface area contributed by atoms with E-state index in [9.17, 15) is 4.79 Å². The Hall–Kier alpha value is -3.09. The monoisotopic (exact) mass is 357 g/mol. The maximum Gasteiger partial charge on any atom is 0.260 e. The van der Waals surface area contributed by atoms with Crippen molar-refractivity contribution in [1.82, 2.24) is 4.90 Å². The first kappa shape index (κ1) is 16.4. The number of hydrogen-bond donors (Lipinski definition) is 0. The van der Waals surface area contributed by atoms with E-state index in [0.29, 0.717) is 41.8 Å². The number of likely N-dealkylation sites (tertiary alicyclic amines) is 1. The highest BCUT2D eigenvalue weighted by Crippen LogP contribution is 2.35. The minimum atomic E-state index is -0.0810. The molecule has 7 nitrogen and oxygen atoms in total. The maximum absolute atomic E-state index is 12.2. The van der Waals surface area contributed by atoms with Crippen LogP contribution in [0.3, 0.4) is 0 Å². The largest absolute Gasteiger partial charge is 0.493 e. The van der Waals surface area contributed by atoms with Gasteiger partial charge in [0.2, 0.25) is 6.79 Å². The topological polar surface area (TPSA) is 66.5 Å². The van der Waals surface area contributed by atoms with Crippen LogP contribution in [0, 0.1) is 0 Å². The van der Waals surface area contributed by atoms with Crippen molar-refractivity contribution in [3.8, 4) is 28.7 Å². The molecule has 0 spiro atoms. The van der Waals surface area contributed by atoms with Gasteiger partial charge in [0.1, 0.15) is 11.9 Å². The van der Waals surface area contributed by atoms with Crippen LogP contribution in [0.25, 0.3) is 0 Å². The Bertz CT molecular complexity index is 802. The fourth-order valence-electron chi connectivity index (χ4n) is 2.82. The van der Waals surface area contributed by atoms with Crippen LogP contribution in [0.15, 0.2) is 42.5 Å². The van der Waals surface area contributed by atoms with Gasteiger partial charge in [0.25, 0.3) is 5.91 Å². The van der Waals surface area contributed by atoms with Gasteiger partial charge in [-0.15, -0.1) is 0 Å². The molecule has 2 heterocycles. The summed E-state index contributed by atoms with van der Waals surface area (Å²) in [7, 11) is 1.60. The first-order chi connectivity index (χ1) is 12.7. The van der Waals surface area contributed by atoms with Crippen molar-refractivity contribution >= 4 is 5.91 Å². The van der Waals surface area contributed by atoms with E-state index in [0.717, 1.165) is 0 Å². The van der Waals surface area contributed by atoms with E-state index in [1.54, 1.807) is 30.2 Å². The predicted molar refractivity (Wildman–Crippen MR) is 92.1 cm³/mol. The van der Waals surface area contributed by atoms with Crippen LogP contribution in [-0.2, 0) is 4.79 Å². The summed E-state index contributed by atoms with van der Waals surface area (Å²) in [6, 6.07) is 12.7. The van der Waals surface area contributed by atoms with Gasteiger partial charge in [-0.05, 0) is 24.3 Å². The standard InChI is InChI=1S/C19H19NO6/c1-22-15-4-2-3-5-17(15)26-14-9-20(10-14)19(21)11-23-13-6-7-16-18(8-13)25-12-24-16/h2-8,14H,9-12H2,1H3. The lowest BCUT2D eigenvalue weighted by Crippen LogP contribution is -2.57. The van der Waals surface area contributed by atoms with Crippen LogP contribution < -0.4 is 23.7 Å². The Morgan fingerprint density at radius 1 is 1.12 bits per heavy atom. The van der Waals surface area contributed by atoms with Gasteiger partial charge in [-0.2, -0.15) is 0 Å². The van der Waals surface area contributed by atoms with Gasteiger partial charge in [-0.3, -0.25) is 4.79 Å². The molecule has 0 N–H and O–H groups in total. The molecule has 2 aliphatic heterocycles. The lowest BCUT2D eigenvalue weighted by molar-refractivity contribution is -0.142. The number of carbonyl (C=O) groups is 1. The summed E-state index contributed by atoms with van der Waals surface area (Å²) < 4.78 is 27.2. The number of hydrogen-bond acceptors (Lipinski definition) is 6. The zero-order chi connectivity index (χ0) is 17.9. The number of carbonyl (C=O) groups excluding carboxylic acids is 1. The van der Waals surface area contributed by atoms with Crippen LogP contribution in [0.4, 0.5) is 0 Å². The number of methoxy groups -OCH3 is 1. The van der Waals surface area contributed by atoms with Crippen LogP contribution in [0.5, 0.6) is 28.7 Å². The first-order valence-corrected chi connectivity index (χ1v) is 8.33. The number of fused-ring (bicyclic) bond motifs is 1.